The molecular weight excluding hydrogens is 612 g/mol. The normalized spacial score (nSPS) is 21.0. The summed E-state index contributed by atoms with van der Waals surface area (Å²) in [4.78, 5) is 24.2. The number of fused-ring (bicyclic) bond motifs is 3. The summed E-state index contributed by atoms with van der Waals surface area (Å²) in [6, 6.07) is 13.0. The highest BCUT2D eigenvalue weighted by atomic mass is 16.7. The van der Waals surface area contributed by atoms with E-state index in [0.29, 0.717) is 40.2 Å². The van der Waals surface area contributed by atoms with Crippen LogP contribution in [0.15, 0.2) is 54.7 Å². The van der Waals surface area contributed by atoms with Gasteiger partial charge in [0.1, 0.15) is 17.0 Å². The van der Waals surface area contributed by atoms with Gasteiger partial charge in [-0.25, -0.2) is 4.68 Å². The van der Waals surface area contributed by atoms with Crippen molar-refractivity contribution in [1.82, 2.24) is 15.0 Å². The first-order chi connectivity index (χ1) is 22.6. The minimum Gasteiger partial charge on any atom is -0.493 e. The monoisotopic (exact) mass is 644 g/mol. The molecule has 0 radical (unpaired) electrons. The van der Waals surface area contributed by atoms with Crippen LogP contribution < -0.4 is 28.4 Å². The third-order valence-corrected chi connectivity index (χ3v) is 9.03. The number of carbonyl (C=O) groups excluding carboxylic acids is 1. The zero-order valence-corrected chi connectivity index (χ0v) is 26.3. The fraction of sp³-hybridized carbons (Fsp3) is 0.364. The van der Waals surface area contributed by atoms with Gasteiger partial charge in [0, 0.05) is 24.0 Å². The SMILES string of the molecule is COc1cc([C@@H]2c3cc4c(cc3[C@@H](n3cc(C(C)(C)Oc5ccc([N+](=O)[O-])cc5)nn3)[C@H]3COC(=O)[C@H]23)OCO4)cc(OC)c1OC. The highest BCUT2D eigenvalue weighted by Crippen LogP contribution is 2.56. The minimum absolute atomic E-state index is 0.0364. The lowest BCUT2D eigenvalue weighted by atomic mass is 9.65. The number of carbonyl (C=O) groups is 1. The van der Waals surface area contributed by atoms with E-state index in [2.05, 4.69) is 10.3 Å². The Bertz CT molecular complexity index is 1850. The summed E-state index contributed by atoms with van der Waals surface area (Å²) in [7, 11) is 4.63. The number of ether oxygens (including phenoxy) is 7. The molecule has 3 aliphatic rings. The molecule has 4 aromatic rings. The molecule has 0 amide bonds. The smallest absolute Gasteiger partial charge is 0.310 e. The van der Waals surface area contributed by atoms with Gasteiger partial charge in [-0.15, -0.1) is 5.10 Å². The predicted octanol–water partition coefficient (Wildman–Crippen LogP) is 4.78. The standard InChI is InChI=1S/C33H32N4O10/c1-33(2,47-19-8-6-18(7-9-19)37(39)40)27-14-36(35-34-27)30-21-13-24-23(45-16-46-24)12-20(21)28(29-22(30)15-44-32(29)38)17-10-25(41-3)31(43-5)26(11-17)42-4/h6-14,22,28-30H,15-16H2,1-5H3/t22-,28+,29-,30+/m0/s1. The molecule has 14 heteroatoms. The van der Waals surface area contributed by atoms with E-state index < -0.39 is 28.4 Å². The van der Waals surface area contributed by atoms with Crippen LogP contribution in [0.2, 0.25) is 0 Å². The zero-order valence-electron chi connectivity index (χ0n) is 26.3. The molecule has 14 nitrogen and oxygen atoms in total. The third-order valence-electron chi connectivity index (χ3n) is 9.03. The van der Waals surface area contributed by atoms with Gasteiger partial charge < -0.3 is 33.2 Å². The van der Waals surface area contributed by atoms with Crippen molar-refractivity contribution in [3.8, 4) is 34.5 Å². The molecule has 0 saturated carbocycles. The summed E-state index contributed by atoms with van der Waals surface area (Å²) < 4.78 is 42.2. The van der Waals surface area contributed by atoms with Crippen LogP contribution in [-0.4, -0.2) is 60.6 Å². The Morgan fingerprint density at radius 2 is 1.60 bits per heavy atom. The average Bonchev–Trinajstić information content (AvgIpc) is 3.83. The number of non-ortho nitro benzene ring substituents is 1. The van der Waals surface area contributed by atoms with E-state index in [1.54, 1.807) is 37.2 Å². The van der Waals surface area contributed by atoms with Gasteiger partial charge in [-0.2, -0.15) is 0 Å². The molecule has 3 aromatic carbocycles. The number of cyclic esters (lactones) is 1. The van der Waals surface area contributed by atoms with E-state index in [-0.39, 0.29) is 31.0 Å². The number of nitro benzene ring substituents is 1. The van der Waals surface area contributed by atoms with E-state index in [1.165, 1.54) is 19.2 Å². The Hall–Kier alpha value is -5.53. The first kappa shape index (κ1) is 30.1. The second-order valence-electron chi connectivity index (χ2n) is 12.0. The molecule has 2 aliphatic heterocycles. The number of nitro groups is 1. The van der Waals surface area contributed by atoms with Crippen molar-refractivity contribution in [2.75, 3.05) is 34.7 Å². The summed E-state index contributed by atoms with van der Waals surface area (Å²) in [5.74, 6) is 1.27. The molecule has 47 heavy (non-hydrogen) atoms. The fourth-order valence-electron chi connectivity index (χ4n) is 6.82. The van der Waals surface area contributed by atoms with Gasteiger partial charge in [0.25, 0.3) is 5.69 Å². The van der Waals surface area contributed by atoms with E-state index >= 15 is 0 Å². The van der Waals surface area contributed by atoms with Crippen molar-refractivity contribution < 1.29 is 42.9 Å². The molecule has 4 atom stereocenters. The summed E-state index contributed by atoms with van der Waals surface area (Å²) >= 11 is 0. The lowest BCUT2D eigenvalue weighted by Gasteiger charge is -2.39. The van der Waals surface area contributed by atoms with Crippen LogP contribution in [0.4, 0.5) is 5.69 Å². The Labute approximate surface area is 269 Å². The van der Waals surface area contributed by atoms with Crippen LogP contribution in [0.1, 0.15) is 48.2 Å². The number of esters is 1. The van der Waals surface area contributed by atoms with Crippen molar-refractivity contribution in [2.24, 2.45) is 11.8 Å². The molecular formula is C33H32N4O10. The lowest BCUT2D eigenvalue weighted by Crippen LogP contribution is -2.37. The van der Waals surface area contributed by atoms with Crippen LogP contribution in [0.5, 0.6) is 34.5 Å². The highest BCUT2D eigenvalue weighted by molar-refractivity contribution is 5.79. The molecule has 0 spiro atoms. The number of hydrogen-bond donors (Lipinski definition) is 0. The summed E-state index contributed by atoms with van der Waals surface area (Å²) in [5.41, 5.74) is 2.02. The average molecular weight is 645 g/mol. The largest absolute Gasteiger partial charge is 0.493 e. The number of rotatable bonds is 9. The summed E-state index contributed by atoms with van der Waals surface area (Å²) in [6.07, 6.45) is 1.80. The molecule has 3 heterocycles. The fourth-order valence-corrected chi connectivity index (χ4v) is 6.82. The molecule has 244 valence electrons. The van der Waals surface area contributed by atoms with Crippen molar-refractivity contribution in [1.29, 1.82) is 0 Å². The van der Waals surface area contributed by atoms with E-state index in [1.807, 2.05) is 38.1 Å². The maximum Gasteiger partial charge on any atom is 0.310 e. The van der Waals surface area contributed by atoms with Gasteiger partial charge >= 0.3 is 5.97 Å². The first-order valence-corrected chi connectivity index (χ1v) is 14.9. The number of nitrogens with zero attached hydrogens (tertiary/aromatic N) is 4. The van der Waals surface area contributed by atoms with Gasteiger partial charge in [-0.1, -0.05) is 5.21 Å². The van der Waals surface area contributed by atoms with Gasteiger partial charge in [-0.05, 0) is 66.9 Å². The second-order valence-corrected chi connectivity index (χ2v) is 12.0. The Kier molecular flexibility index (Phi) is 7.29. The third kappa shape index (κ3) is 5.00. The zero-order chi connectivity index (χ0) is 33.0. The van der Waals surface area contributed by atoms with Crippen LogP contribution in [0.25, 0.3) is 0 Å². The van der Waals surface area contributed by atoms with E-state index in [0.717, 1.165) is 16.7 Å². The Balaban J connectivity index is 1.32. The maximum absolute atomic E-state index is 13.6. The van der Waals surface area contributed by atoms with E-state index in [4.69, 9.17) is 33.2 Å². The van der Waals surface area contributed by atoms with E-state index in [9.17, 15) is 14.9 Å². The summed E-state index contributed by atoms with van der Waals surface area (Å²) in [6.45, 7) is 3.91. The molecule has 0 bridgehead atoms. The predicted molar refractivity (Wildman–Crippen MR) is 163 cm³/mol. The van der Waals surface area contributed by atoms with Gasteiger partial charge in [0.2, 0.25) is 12.5 Å². The number of hydrogen-bond acceptors (Lipinski definition) is 12. The quantitative estimate of drug-likeness (QED) is 0.140. The lowest BCUT2D eigenvalue weighted by molar-refractivity contribution is -0.384. The van der Waals surface area contributed by atoms with Crippen molar-refractivity contribution in [3.63, 3.8) is 0 Å². The van der Waals surface area contributed by atoms with Crippen LogP contribution in [-0.2, 0) is 15.1 Å². The summed E-state index contributed by atoms with van der Waals surface area (Å²) in [5, 5.41) is 20.1. The maximum atomic E-state index is 13.6. The van der Waals surface area contributed by atoms with Crippen molar-refractivity contribution in [2.45, 2.75) is 31.4 Å². The van der Waals surface area contributed by atoms with Gasteiger partial charge in [-0.3, -0.25) is 14.9 Å². The van der Waals surface area contributed by atoms with Crippen LogP contribution in [0, 0.1) is 22.0 Å². The van der Waals surface area contributed by atoms with Crippen molar-refractivity contribution >= 4 is 11.7 Å². The molecule has 1 aromatic heterocycles. The molecule has 0 N–H and O–H groups in total. The van der Waals surface area contributed by atoms with Crippen molar-refractivity contribution in [3.05, 3.63) is 87.2 Å². The van der Waals surface area contributed by atoms with Gasteiger partial charge in [0.05, 0.1) is 51.0 Å². The highest BCUT2D eigenvalue weighted by Gasteiger charge is 2.54. The molecule has 1 saturated heterocycles. The first-order valence-electron chi connectivity index (χ1n) is 14.9. The molecule has 1 fully saturated rings. The molecule has 0 unspecified atom stereocenters. The minimum atomic E-state index is -0.957. The topological polar surface area (TPSA) is 156 Å². The molecule has 7 rings (SSSR count). The second kappa shape index (κ2) is 11.4. The number of benzene rings is 3. The Morgan fingerprint density at radius 3 is 2.21 bits per heavy atom. The number of methoxy groups -OCH3 is 3. The van der Waals surface area contributed by atoms with Gasteiger partial charge in [0.15, 0.2) is 23.0 Å². The molecule has 1 aliphatic carbocycles. The van der Waals surface area contributed by atoms with Crippen LogP contribution in [0.3, 0.4) is 0 Å². The Morgan fingerprint density at radius 1 is 0.936 bits per heavy atom. The van der Waals surface area contributed by atoms with Crippen LogP contribution >= 0.6 is 0 Å². The number of aromatic nitrogens is 3.